The maximum atomic E-state index is 3.86. The molecule has 0 saturated heterocycles. The summed E-state index contributed by atoms with van der Waals surface area (Å²) < 4.78 is 0. The van der Waals surface area contributed by atoms with Gasteiger partial charge in [0.25, 0.3) is 0 Å². The van der Waals surface area contributed by atoms with Gasteiger partial charge in [0.1, 0.15) is 0 Å². The minimum absolute atomic E-state index is 0.443. The van der Waals surface area contributed by atoms with Gasteiger partial charge in [-0.2, -0.15) is 0 Å². The lowest BCUT2D eigenvalue weighted by Gasteiger charge is -2.31. The van der Waals surface area contributed by atoms with E-state index < -0.39 is 0 Å². The zero-order chi connectivity index (χ0) is 12.1. The quantitative estimate of drug-likeness (QED) is 0.795. The first-order valence-electron chi connectivity index (χ1n) is 7.02. The van der Waals surface area contributed by atoms with Crippen molar-refractivity contribution in [2.45, 2.75) is 19.0 Å². The summed E-state index contributed by atoms with van der Waals surface area (Å²) in [5.41, 5.74) is 1.39. The van der Waals surface area contributed by atoms with E-state index in [4.69, 9.17) is 0 Å². The van der Waals surface area contributed by atoms with Crippen molar-refractivity contribution in [2.24, 2.45) is 23.7 Å². The Hall–Kier alpha value is -1.34. The monoisotopic (exact) mass is 237 g/mol. The summed E-state index contributed by atoms with van der Waals surface area (Å²) in [5, 5.41) is 3.86. The van der Waals surface area contributed by atoms with Gasteiger partial charge in [-0.3, -0.25) is 0 Å². The highest BCUT2D eigenvalue weighted by molar-refractivity contribution is 5.32. The fourth-order valence-corrected chi connectivity index (χ4v) is 3.80. The van der Waals surface area contributed by atoms with Crippen molar-refractivity contribution >= 4 is 0 Å². The molecule has 0 spiro atoms. The molecule has 6 atom stereocenters. The molecule has 3 aliphatic carbocycles. The molecule has 18 heavy (non-hydrogen) atoms. The lowest BCUT2D eigenvalue weighted by molar-refractivity contribution is 0.344. The van der Waals surface area contributed by atoms with Crippen LogP contribution < -0.4 is 5.32 Å². The topological polar surface area (TPSA) is 12.0 Å². The Balaban J connectivity index is 1.53. The van der Waals surface area contributed by atoms with Crippen LogP contribution in [0.2, 0.25) is 0 Å². The number of fused-ring (bicyclic) bond motifs is 2. The predicted molar refractivity (Wildman–Crippen MR) is 74.0 cm³/mol. The van der Waals surface area contributed by atoms with Crippen LogP contribution in [0.4, 0.5) is 0 Å². The second kappa shape index (κ2) is 3.83. The second-order valence-electron chi connectivity index (χ2n) is 5.90. The van der Waals surface area contributed by atoms with E-state index in [9.17, 15) is 0 Å². The van der Waals surface area contributed by atoms with Crippen molar-refractivity contribution in [3.8, 4) is 0 Å². The van der Waals surface area contributed by atoms with E-state index in [-0.39, 0.29) is 0 Å². The number of hydrogen-bond acceptors (Lipinski definition) is 1. The smallest absolute Gasteiger partial charge is 0.0294 e. The third kappa shape index (κ3) is 1.50. The molecule has 1 nitrogen and oxygen atoms in total. The molecule has 3 aliphatic rings. The minimum Gasteiger partial charge on any atom is -0.306 e. The Labute approximate surface area is 109 Å². The SMILES string of the molecule is C[C@H](NC1C2C=CC3C1[C@H]3C=C2)c1ccccc1. The molecule has 1 saturated carbocycles. The van der Waals surface area contributed by atoms with Crippen LogP contribution in [-0.2, 0) is 0 Å². The Morgan fingerprint density at radius 3 is 2.28 bits per heavy atom. The molecule has 1 heteroatoms. The van der Waals surface area contributed by atoms with Crippen molar-refractivity contribution in [3.05, 3.63) is 60.2 Å². The van der Waals surface area contributed by atoms with Crippen molar-refractivity contribution in [1.29, 1.82) is 0 Å². The molecule has 1 fully saturated rings. The summed E-state index contributed by atoms with van der Waals surface area (Å²) in [4.78, 5) is 0. The molecule has 0 amide bonds. The Bertz CT molecular complexity index is 482. The molecule has 1 aromatic rings. The number of rotatable bonds is 3. The average molecular weight is 237 g/mol. The predicted octanol–water partition coefficient (Wildman–Crippen LogP) is 3.32. The number of nitrogens with one attached hydrogen (secondary N) is 1. The van der Waals surface area contributed by atoms with Crippen LogP contribution in [0.5, 0.6) is 0 Å². The molecule has 0 aliphatic heterocycles. The van der Waals surface area contributed by atoms with Crippen LogP contribution >= 0.6 is 0 Å². The first kappa shape index (κ1) is 10.6. The van der Waals surface area contributed by atoms with Crippen molar-refractivity contribution < 1.29 is 0 Å². The third-order valence-electron chi connectivity index (χ3n) is 4.87. The third-order valence-corrected chi connectivity index (χ3v) is 4.87. The number of allylic oxidation sites excluding steroid dienone is 2. The van der Waals surface area contributed by atoms with Gasteiger partial charge < -0.3 is 5.32 Å². The van der Waals surface area contributed by atoms with E-state index >= 15 is 0 Å². The maximum Gasteiger partial charge on any atom is 0.0294 e. The highest BCUT2D eigenvalue weighted by atomic mass is 15.0. The van der Waals surface area contributed by atoms with Crippen LogP contribution in [0.15, 0.2) is 54.6 Å². The molecule has 0 heterocycles. The fraction of sp³-hybridized carbons (Fsp3) is 0.412. The number of benzene rings is 1. The molecule has 92 valence electrons. The highest BCUT2D eigenvalue weighted by Crippen LogP contribution is 2.57. The minimum atomic E-state index is 0.443. The normalized spacial score (nSPS) is 40.6. The van der Waals surface area contributed by atoms with Gasteiger partial charge in [0.05, 0.1) is 0 Å². The number of hydrogen-bond donors (Lipinski definition) is 1. The summed E-state index contributed by atoms with van der Waals surface area (Å²) >= 11 is 0. The standard InChI is InChI=1S/C17H19N/c1-11(12-5-3-2-4-6-12)18-17-13-7-9-14-15(10-8-13)16(14)17/h2-11,13-18H,1H3/t11-,13?,14-,15?,16?,17?/m0/s1. The van der Waals surface area contributed by atoms with E-state index in [1.54, 1.807) is 0 Å². The second-order valence-corrected chi connectivity index (χ2v) is 5.90. The van der Waals surface area contributed by atoms with Gasteiger partial charge in [0.15, 0.2) is 0 Å². The first-order valence-corrected chi connectivity index (χ1v) is 7.02. The molecular formula is C17H19N. The van der Waals surface area contributed by atoms with Crippen LogP contribution in [0.25, 0.3) is 0 Å². The van der Waals surface area contributed by atoms with Crippen LogP contribution in [0.3, 0.4) is 0 Å². The molecule has 0 aromatic heterocycles. The van der Waals surface area contributed by atoms with E-state index in [2.05, 4.69) is 66.9 Å². The van der Waals surface area contributed by atoms with E-state index in [1.807, 2.05) is 0 Å². The average Bonchev–Trinajstić information content (AvgIpc) is 3.16. The maximum absolute atomic E-state index is 3.86. The Morgan fingerprint density at radius 2 is 1.61 bits per heavy atom. The first-order chi connectivity index (χ1) is 8.84. The summed E-state index contributed by atoms with van der Waals surface area (Å²) in [5.74, 6) is 3.10. The molecular weight excluding hydrogens is 218 g/mol. The molecule has 4 rings (SSSR count). The van der Waals surface area contributed by atoms with Gasteiger partial charge in [-0.15, -0.1) is 0 Å². The van der Waals surface area contributed by atoms with Gasteiger partial charge in [-0.25, -0.2) is 0 Å². The van der Waals surface area contributed by atoms with Crippen LogP contribution in [0.1, 0.15) is 18.5 Å². The lowest BCUT2D eigenvalue weighted by Crippen LogP contribution is -2.41. The summed E-state index contributed by atoms with van der Waals surface area (Å²) in [7, 11) is 0. The summed E-state index contributed by atoms with van der Waals surface area (Å²) in [6.07, 6.45) is 9.68. The van der Waals surface area contributed by atoms with Gasteiger partial charge in [-0.1, -0.05) is 54.6 Å². The zero-order valence-corrected chi connectivity index (χ0v) is 10.7. The van der Waals surface area contributed by atoms with Crippen molar-refractivity contribution in [2.75, 3.05) is 0 Å². The van der Waals surface area contributed by atoms with Gasteiger partial charge in [0, 0.05) is 18.0 Å². The highest BCUT2D eigenvalue weighted by Gasteiger charge is 2.56. The van der Waals surface area contributed by atoms with Gasteiger partial charge >= 0.3 is 0 Å². The van der Waals surface area contributed by atoms with Crippen molar-refractivity contribution in [3.63, 3.8) is 0 Å². The van der Waals surface area contributed by atoms with E-state index in [0.717, 1.165) is 17.8 Å². The summed E-state index contributed by atoms with van der Waals surface area (Å²) in [6.45, 7) is 2.28. The fourth-order valence-electron chi connectivity index (χ4n) is 3.80. The molecule has 1 N–H and O–H groups in total. The van der Waals surface area contributed by atoms with Crippen molar-refractivity contribution in [1.82, 2.24) is 5.32 Å². The lowest BCUT2D eigenvalue weighted by atomic mass is 9.86. The molecule has 4 unspecified atom stereocenters. The zero-order valence-electron chi connectivity index (χ0n) is 10.7. The largest absolute Gasteiger partial charge is 0.306 e. The van der Waals surface area contributed by atoms with E-state index in [0.29, 0.717) is 18.0 Å². The Kier molecular flexibility index (Phi) is 2.25. The molecule has 2 bridgehead atoms. The van der Waals surface area contributed by atoms with E-state index in [1.165, 1.54) is 5.56 Å². The molecule has 0 radical (unpaired) electrons. The Morgan fingerprint density at radius 1 is 0.944 bits per heavy atom. The van der Waals surface area contributed by atoms with Crippen LogP contribution in [-0.4, -0.2) is 6.04 Å². The van der Waals surface area contributed by atoms with Gasteiger partial charge in [-0.05, 0) is 30.2 Å². The van der Waals surface area contributed by atoms with Crippen LogP contribution in [0, 0.1) is 23.7 Å². The van der Waals surface area contributed by atoms with Gasteiger partial charge in [0.2, 0.25) is 0 Å². The summed E-state index contributed by atoms with van der Waals surface area (Å²) in [6, 6.07) is 11.9. The molecule has 1 aromatic carbocycles.